The lowest BCUT2D eigenvalue weighted by atomic mass is 9.90. The summed E-state index contributed by atoms with van der Waals surface area (Å²) in [4.78, 5) is 0. The predicted octanol–water partition coefficient (Wildman–Crippen LogP) is 9.18. The zero-order valence-electron chi connectivity index (χ0n) is 21.4. The molecule has 176 valence electrons. The summed E-state index contributed by atoms with van der Waals surface area (Å²) in [6.07, 6.45) is 8.55. The molecule has 0 saturated heterocycles. The molecule has 0 fully saturated rings. The Labute approximate surface area is 218 Å². The lowest BCUT2D eigenvalue weighted by Gasteiger charge is -2.17. The van der Waals surface area contributed by atoms with Gasteiger partial charge < -0.3 is 0 Å². The van der Waals surface area contributed by atoms with E-state index in [0.717, 1.165) is 15.9 Å². The van der Waals surface area contributed by atoms with E-state index in [9.17, 15) is 0 Å². The number of benzene rings is 4. The van der Waals surface area contributed by atoms with E-state index in [1.54, 1.807) is 10.4 Å². The molecule has 0 spiro atoms. The number of hydrogen-bond acceptors (Lipinski definition) is 0. The van der Waals surface area contributed by atoms with Gasteiger partial charge in [0.1, 0.15) is 9.52 Å². The van der Waals surface area contributed by atoms with Gasteiger partial charge in [-0.05, 0) is 82.3 Å². The van der Waals surface area contributed by atoms with Crippen LogP contribution in [0.4, 0.5) is 0 Å². The minimum absolute atomic E-state index is 0.535. The van der Waals surface area contributed by atoms with Crippen molar-refractivity contribution in [2.75, 3.05) is 0 Å². The van der Waals surface area contributed by atoms with Gasteiger partial charge >= 0.3 is 0 Å². The van der Waals surface area contributed by atoms with Crippen LogP contribution in [-0.2, 0) is 6.42 Å². The lowest BCUT2D eigenvalue weighted by Crippen LogP contribution is -2.08. The highest BCUT2D eigenvalue weighted by Crippen LogP contribution is 2.45. The van der Waals surface area contributed by atoms with E-state index in [0.29, 0.717) is 5.92 Å². The number of fused-ring (bicyclic) bond motifs is 2. The van der Waals surface area contributed by atoms with Gasteiger partial charge in [0, 0.05) is 5.92 Å². The van der Waals surface area contributed by atoms with Crippen LogP contribution in [0.1, 0.15) is 59.1 Å². The number of aryl methyl sites for hydroxylation is 2. The Morgan fingerprint density at radius 2 is 1.28 bits per heavy atom. The summed E-state index contributed by atoms with van der Waals surface area (Å²) in [5.41, 5.74) is 14.0. The summed E-state index contributed by atoms with van der Waals surface area (Å²) in [7, 11) is 0.747. The Morgan fingerprint density at radius 3 is 1.94 bits per heavy atom. The molecule has 0 aromatic heterocycles. The molecular weight excluding hydrogens is 448 g/mol. The van der Waals surface area contributed by atoms with Crippen LogP contribution in [0.25, 0.3) is 34.4 Å². The first-order chi connectivity index (χ1) is 17.6. The van der Waals surface area contributed by atoms with Crippen LogP contribution in [-0.4, -0.2) is 9.52 Å². The van der Waals surface area contributed by atoms with Gasteiger partial charge in [0.15, 0.2) is 0 Å². The van der Waals surface area contributed by atoms with Crippen molar-refractivity contribution in [3.63, 3.8) is 0 Å². The topological polar surface area (TPSA) is 0 Å². The van der Waals surface area contributed by atoms with Crippen LogP contribution >= 0.6 is 0 Å². The quantitative estimate of drug-likeness (QED) is 0.241. The molecule has 0 bridgehead atoms. The highest BCUT2D eigenvalue weighted by molar-refractivity contribution is 6.57. The molecule has 1 unspecified atom stereocenters. The standard InChI is InChI=1S/C35H32Si/c1-4-11-32-31-19-10-18-30(28-16-8-6-13-24(28)3)34(31)22-35(32)36-26-20-25-14-9-17-29(33(25)21-26)27-15-7-5-12-23(27)2/h5-10,12-19,21-22,32H,4,11,20H2,1-3H3. The zero-order valence-corrected chi connectivity index (χ0v) is 22.4. The Morgan fingerprint density at radius 1 is 0.667 bits per heavy atom. The van der Waals surface area contributed by atoms with E-state index in [1.807, 2.05) is 0 Å². The molecule has 2 aliphatic rings. The van der Waals surface area contributed by atoms with Gasteiger partial charge in [-0.1, -0.05) is 121 Å². The first-order valence-corrected chi connectivity index (χ1v) is 14.2. The molecule has 36 heavy (non-hydrogen) atoms. The van der Waals surface area contributed by atoms with Crippen LogP contribution in [0.2, 0.25) is 0 Å². The van der Waals surface area contributed by atoms with Crippen molar-refractivity contribution >= 4 is 21.7 Å². The summed E-state index contributed by atoms with van der Waals surface area (Å²) in [6.45, 7) is 6.77. The lowest BCUT2D eigenvalue weighted by molar-refractivity contribution is 0.716. The van der Waals surface area contributed by atoms with Crippen LogP contribution in [0, 0.1) is 13.8 Å². The number of allylic oxidation sites excluding steroid dienone is 2. The van der Waals surface area contributed by atoms with Crippen molar-refractivity contribution in [3.05, 3.63) is 129 Å². The number of rotatable bonds is 6. The van der Waals surface area contributed by atoms with E-state index in [4.69, 9.17) is 0 Å². The van der Waals surface area contributed by atoms with Crippen LogP contribution < -0.4 is 0 Å². The summed E-state index contributed by atoms with van der Waals surface area (Å²) >= 11 is 0. The van der Waals surface area contributed by atoms with Crippen LogP contribution in [0.15, 0.2) is 95.3 Å². The van der Waals surface area contributed by atoms with Crippen molar-refractivity contribution in [2.45, 2.75) is 46.0 Å². The third kappa shape index (κ3) is 4.02. The second-order valence-corrected chi connectivity index (χ2v) is 11.7. The average Bonchev–Trinajstić information content (AvgIpc) is 3.46. The van der Waals surface area contributed by atoms with Gasteiger partial charge in [-0.25, -0.2) is 0 Å². The molecule has 0 nitrogen and oxygen atoms in total. The van der Waals surface area contributed by atoms with E-state index in [-0.39, 0.29) is 0 Å². The van der Waals surface area contributed by atoms with E-state index in [1.165, 1.54) is 68.5 Å². The molecule has 0 heterocycles. The fourth-order valence-electron chi connectivity index (χ4n) is 6.05. The minimum Gasteiger partial charge on any atom is -0.0748 e. The second-order valence-electron chi connectivity index (χ2n) is 10.2. The van der Waals surface area contributed by atoms with E-state index < -0.39 is 0 Å². The maximum absolute atomic E-state index is 2.54. The highest BCUT2D eigenvalue weighted by Gasteiger charge is 2.29. The van der Waals surface area contributed by atoms with Crippen LogP contribution in [0.5, 0.6) is 0 Å². The van der Waals surface area contributed by atoms with Crippen molar-refractivity contribution < 1.29 is 0 Å². The van der Waals surface area contributed by atoms with Gasteiger partial charge in [0.25, 0.3) is 0 Å². The Balaban J connectivity index is 1.37. The maximum atomic E-state index is 2.54. The highest BCUT2D eigenvalue weighted by atomic mass is 28.2. The fourth-order valence-corrected chi connectivity index (χ4v) is 7.60. The average molecular weight is 481 g/mol. The minimum atomic E-state index is 0.535. The molecule has 4 aromatic carbocycles. The zero-order chi connectivity index (χ0) is 24.6. The summed E-state index contributed by atoms with van der Waals surface area (Å²) in [5.74, 6) is 0.535. The van der Waals surface area contributed by atoms with Gasteiger partial charge in [-0.15, -0.1) is 0 Å². The second kappa shape index (κ2) is 9.56. The third-order valence-corrected chi connectivity index (χ3v) is 9.26. The summed E-state index contributed by atoms with van der Waals surface area (Å²) in [6, 6.07) is 31.4. The monoisotopic (exact) mass is 480 g/mol. The summed E-state index contributed by atoms with van der Waals surface area (Å²) < 4.78 is 0. The van der Waals surface area contributed by atoms with E-state index in [2.05, 4.69) is 118 Å². The predicted molar refractivity (Wildman–Crippen MR) is 156 cm³/mol. The smallest absolute Gasteiger partial charge is 0.0748 e. The van der Waals surface area contributed by atoms with Gasteiger partial charge in [0.05, 0.1) is 0 Å². The third-order valence-electron chi connectivity index (χ3n) is 7.84. The molecular formula is C35H32Si. The first kappa shape index (κ1) is 23.0. The molecule has 0 saturated carbocycles. The molecule has 1 heteroatoms. The van der Waals surface area contributed by atoms with Crippen molar-refractivity contribution in [1.29, 1.82) is 0 Å². The largest absolute Gasteiger partial charge is 0.111 e. The molecule has 6 rings (SSSR count). The molecule has 0 aliphatic heterocycles. The Kier molecular flexibility index (Phi) is 6.11. The van der Waals surface area contributed by atoms with Gasteiger partial charge in [0.2, 0.25) is 0 Å². The van der Waals surface area contributed by atoms with Crippen molar-refractivity contribution in [1.82, 2.24) is 0 Å². The van der Waals surface area contributed by atoms with Crippen molar-refractivity contribution in [3.8, 4) is 22.3 Å². The first-order valence-electron chi connectivity index (χ1n) is 13.2. The molecule has 0 amide bonds. The Bertz CT molecular complexity index is 1520. The SMILES string of the molecule is CCCC1C([Si]C2=Cc3c(cccc3-c3ccccc3C)C2)=Cc2c(-c3ccccc3C)cccc21. The van der Waals surface area contributed by atoms with E-state index >= 15 is 0 Å². The summed E-state index contributed by atoms with van der Waals surface area (Å²) in [5, 5.41) is 3.19. The molecule has 4 aromatic rings. The maximum Gasteiger partial charge on any atom is 0.111 e. The normalized spacial score (nSPS) is 15.9. The van der Waals surface area contributed by atoms with Crippen molar-refractivity contribution in [2.24, 2.45) is 0 Å². The molecule has 2 radical (unpaired) electrons. The number of hydrogen-bond donors (Lipinski definition) is 0. The van der Waals surface area contributed by atoms with Gasteiger partial charge in [-0.3, -0.25) is 0 Å². The fraction of sp³-hybridized carbons (Fsp3) is 0.200. The molecule has 1 atom stereocenters. The van der Waals surface area contributed by atoms with Crippen LogP contribution in [0.3, 0.4) is 0 Å². The van der Waals surface area contributed by atoms with Gasteiger partial charge in [-0.2, -0.15) is 0 Å². The molecule has 2 aliphatic carbocycles. The Hall–Kier alpha value is -3.42. The molecule has 0 N–H and O–H groups in total.